The van der Waals surface area contributed by atoms with Crippen LogP contribution in [0, 0.1) is 0 Å². The third-order valence-corrected chi connectivity index (χ3v) is 1.93. The summed E-state index contributed by atoms with van der Waals surface area (Å²) in [7, 11) is 0. The largest absolute Gasteiger partial charge is 0.472 e. The lowest BCUT2D eigenvalue weighted by Gasteiger charge is -2.01. The van der Waals surface area contributed by atoms with Crippen LogP contribution in [0.4, 0.5) is 5.69 Å². The lowest BCUT2D eigenvalue weighted by atomic mass is 10.3. The third-order valence-electron chi connectivity index (χ3n) is 1.93. The van der Waals surface area contributed by atoms with Crippen molar-refractivity contribution in [3.63, 3.8) is 0 Å². The van der Waals surface area contributed by atoms with E-state index < -0.39 is 0 Å². The monoisotopic (exact) mass is 201 g/mol. The van der Waals surface area contributed by atoms with Crippen LogP contribution >= 0.6 is 0 Å². The lowest BCUT2D eigenvalue weighted by Crippen LogP contribution is -2.30. The highest BCUT2D eigenvalue weighted by Gasteiger charge is 2.02. The first-order chi connectivity index (χ1) is 7.40. The fourth-order valence-corrected chi connectivity index (χ4v) is 1.21. The van der Waals surface area contributed by atoms with E-state index in [0.717, 1.165) is 11.3 Å². The maximum Gasteiger partial charge on any atom is 0.151 e. The zero-order valence-corrected chi connectivity index (χ0v) is 8.05. The van der Waals surface area contributed by atoms with E-state index in [1.54, 1.807) is 18.6 Å². The molecule has 0 aliphatic carbocycles. The zero-order chi connectivity index (χ0) is 10.5. The van der Waals surface area contributed by atoms with Gasteiger partial charge in [0.15, 0.2) is 5.84 Å². The van der Waals surface area contributed by atoms with Gasteiger partial charge < -0.3 is 9.84 Å². The number of rotatable bonds is 2. The minimum absolute atomic E-state index is 0.579. The molecule has 0 aliphatic heterocycles. The molecule has 0 fully saturated rings. The molecule has 4 nitrogen and oxygen atoms in total. The number of hydrogen-bond acceptors (Lipinski definition) is 3. The highest BCUT2D eigenvalue weighted by atomic mass is 16.3. The summed E-state index contributed by atoms with van der Waals surface area (Å²) in [5, 5.41) is 0. The Balaban J connectivity index is 2.32. The summed E-state index contributed by atoms with van der Waals surface area (Å²) in [5.74, 6) is 5.97. The van der Waals surface area contributed by atoms with Crippen molar-refractivity contribution in [1.82, 2.24) is 5.43 Å². The van der Waals surface area contributed by atoms with Crippen LogP contribution in [0.15, 0.2) is 58.3 Å². The van der Waals surface area contributed by atoms with Crippen molar-refractivity contribution >= 4 is 11.5 Å². The van der Waals surface area contributed by atoms with E-state index in [1.165, 1.54) is 0 Å². The first-order valence-electron chi connectivity index (χ1n) is 4.53. The molecule has 0 radical (unpaired) electrons. The number of hydrogen-bond donors (Lipinski definition) is 2. The first-order valence-corrected chi connectivity index (χ1v) is 4.53. The summed E-state index contributed by atoms with van der Waals surface area (Å²) >= 11 is 0. The van der Waals surface area contributed by atoms with Gasteiger partial charge in [-0.25, -0.2) is 10.8 Å². The number of benzene rings is 1. The van der Waals surface area contributed by atoms with E-state index in [2.05, 4.69) is 10.4 Å². The van der Waals surface area contributed by atoms with E-state index in [1.807, 2.05) is 30.3 Å². The standard InChI is InChI=1S/C11H11N3O/c12-14-11(9-6-7-15-8-9)13-10-4-2-1-3-5-10/h1-8H,12H2,(H,13,14). The summed E-state index contributed by atoms with van der Waals surface area (Å²) in [4.78, 5) is 4.34. The molecule has 1 aromatic heterocycles. The van der Waals surface area contributed by atoms with E-state index in [-0.39, 0.29) is 0 Å². The molecular formula is C11H11N3O. The molecule has 0 unspecified atom stereocenters. The van der Waals surface area contributed by atoms with Gasteiger partial charge in [-0.05, 0) is 18.2 Å². The van der Waals surface area contributed by atoms with Gasteiger partial charge in [0.1, 0.15) is 6.26 Å². The van der Waals surface area contributed by atoms with Gasteiger partial charge in [-0.15, -0.1) is 0 Å². The summed E-state index contributed by atoms with van der Waals surface area (Å²) in [6.07, 6.45) is 3.16. The minimum atomic E-state index is 0.579. The molecule has 0 saturated carbocycles. The van der Waals surface area contributed by atoms with Crippen molar-refractivity contribution in [2.45, 2.75) is 0 Å². The first kappa shape index (κ1) is 9.48. The molecule has 2 aromatic rings. The van der Waals surface area contributed by atoms with E-state index in [0.29, 0.717) is 5.84 Å². The average Bonchev–Trinajstić information content (AvgIpc) is 2.81. The predicted molar refractivity (Wildman–Crippen MR) is 58.7 cm³/mol. The highest BCUT2D eigenvalue weighted by molar-refractivity contribution is 5.99. The highest BCUT2D eigenvalue weighted by Crippen LogP contribution is 2.12. The van der Waals surface area contributed by atoms with Gasteiger partial charge in [0.25, 0.3) is 0 Å². The number of hydrazine groups is 1. The minimum Gasteiger partial charge on any atom is -0.472 e. The second kappa shape index (κ2) is 4.43. The quantitative estimate of drug-likeness (QED) is 0.337. The van der Waals surface area contributed by atoms with Gasteiger partial charge in [-0.3, -0.25) is 0 Å². The van der Waals surface area contributed by atoms with Crippen molar-refractivity contribution in [2.24, 2.45) is 10.8 Å². The van der Waals surface area contributed by atoms with Gasteiger partial charge in [0.2, 0.25) is 0 Å². The van der Waals surface area contributed by atoms with Crippen molar-refractivity contribution in [1.29, 1.82) is 0 Å². The van der Waals surface area contributed by atoms with Crippen molar-refractivity contribution < 1.29 is 4.42 Å². The van der Waals surface area contributed by atoms with Gasteiger partial charge in [-0.2, -0.15) is 0 Å². The Morgan fingerprint density at radius 1 is 1.20 bits per heavy atom. The number of furan rings is 1. The van der Waals surface area contributed by atoms with Crippen molar-refractivity contribution in [3.05, 3.63) is 54.5 Å². The Morgan fingerprint density at radius 3 is 2.60 bits per heavy atom. The average molecular weight is 201 g/mol. The van der Waals surface area contributed by atoms with Crippen LogP contribution in [0.1, 0.15) is 5.56 Å². The molecule has 4 heteroatoms. The van der Waals surface area contributed by atoms with E-state index in [9.17, 15) is 0 Å². The molecule has 1 aromatic carbocycles. The lowest BCUT2D eigenvalue weighted by molar-refractivity contribution is 0.566. The van der Waals surface area contributed by atoms with E-state index >= 15 is 0 Å². The molecule has 0 atom stereocenters. The number of aliphatic imine (C=N–C) groups is 1. The van der Waals surface area contributed by atoms with Gasteiger partial charge in [-0.1, -0.05) is 18.2 Å². The van der Waals surface area contributed by atoms with Crippen LogP contribution in [0.3, 0.4) is 0 Å². The molecule has 0 aliphatic rings. The maximum atomic E-state index is 5.39. The van der Waals surface area contributed by atoms with Gasteiger partial charge in [0.05, 0.1) is 17.5 Å². The fourth-order valence-electron chi connectivity index (χ4n) is 1.21. The second-order valence-electron chi connectivity index (χ2n) is 2.95. The summed E-state index contributed by atoms with van der Waals surface area (Å²) in [6, 6.07) is 11.4. The zero-order valence-electron chi connectivity index (χ0n) is 8.05. The molecule has 76 valence electrons. The Labute approximate surface area is 87.4 Å². The Kier molecular flexibility index (Phi) is 2.80. The topological polar surface area (TPSA) is 63.5 Å². The summed E-state index contributed by atoms with van der Waals surface area (Å²) < 4.78 is 4.96. The molecule has 0 spiro atoms. The molecular weight excluding hydrogens is 190 g/mol. The molecule has 0 amide bonds. The number of amidine groups is 1. The summed E-state index contributed by atoms with van der Waals surface area (Å²) in [5.41, 5.74) is 4.20. The van der Waals surface area contributed by atoms with Crippen LogP contribution in [-0.4, -0.2) is 5.84 Å². The Bertz CT molecular complexity index is 434. The maximum absolute atomic E-state index is 5.39. The number of nitrogens with zero attached hydrogens (tertiary/aromatic N) is 1. The van der Waals surface area contributed by atoms with Crippen LogP contribution in [0.2, 0.25) is 0 Å². The number of para-hydroxylation sites is 1. The Morgan fingerprint density at radius 2 is 2.00 bits per heavy atom. The summed E-state index contributed by atoms with van der Waals surface area (Å²) in [6.45, 7) is 0. The Hall–Kier alpha value is -2.07. The fraction of sp³-hybridized carbons (Fsp3) is 0. The van der Waals surface area contributed by atoms with Crippen LogP contribution in [0.25, 0.3) is 0 Å². The van der Waals surface area contributed by atoms with E-state index in [4.69, 9.17) is 10.3 Å². The van der Waals surface area contributed by atoms with Crippen LogP contribution in [-0.2, 0) is 0 Å². The van der Waals surface area contributed by atoms with Crippen LogP contribution in [0.5, 0.6) is 0 Å². The van der Waals surface area contributed by atoms with Gasteiger partial charge >= 0.3 is 0 Å². The number of nitrogens with one attached hydrogen (secondary N) is 1. The predicted octanol–water partition coefficient (Wildman–Crippen LogP) is 1.82. The molecule has 1 heterocycles. The van der Waals surface area contributed by atoms with Crippen molar-refractivity contribution in [3.8, 4) is 0 Å². The molecule has 15 heavy (non-hydrogen) atoms. The molecule has 0 bridgehead atoms. The smallest absolute Gasteiger partial charge is 0.151 e. The molecule has 0 saturated heterocycles. The molecule has 3 N–H and O–H groups in total. The normalized spacial score (nSPS) is 11.4. The SMILES string of the molecule is NNC(=Nc1ccccc1)c1ccoc1. The number of nitrogens with two attached hydrogens (primary N) is 1. The third kappa shape index (κ3) is 2.24. The second-order valence-corrected chi connectivity index (χ2v) is 2.95. The van der Waals surface area contributed by atoms with Crippen LogP contribution < -0.4 is 11.3 Å². The van der Waals surface area contributed by atoms with Crippen molar-refractivity contribution in [2.75, 3.05) is 0 Å². The molecule has 2 rings (SSSR count). The van der Waals surface area contributed by atoms with Gasteiger partial charge in [0, 0.05) is 0 Å².